The van der Waals surface area contributed by atoms with E-state index in [9.17, 15) is 9.90 Å². The highest BCUT2D eigenvalue weighted by atomic mass is 35.5. The highest BCUT2D eigenvalue weighted by Gasteiger charge is 2.30. The molecule has 3 rings (SSSR count). The van der Waals surface area contributed by atoms with E-state index in [0.29, 0.717) is 28.6 Å². The van der Waals surface area contributed by atoms with Crippen LogP contribution in [0.1, 0.15) is 18.0 Å². The second-order valence-electron chi connectivity index (χ2n) is 5.12. The molecule has 0 spiro atoms. The number of carboxylic acids is 1. The zero-order valence-corrected chi connectivity index (χ0v) is 12.2. The van der Waals surface area contributed by atoms with Crippen molar-refractivity contribution in [3.05, 3.63) is 22.7 Å². The van der Waals surface area contributed by atoms with Crippen LogP contribution in [-0.2, 0) is 4.79 Å². The van der Waals surface area contributed by atoms with Gasteiger partial charge in [-0.1, -0.05) is 11.6 Å². The lowest BCUT2D eigenvalue weighted by atomic mass is 10.0. The van der Waals surface area contributed by atoms with Crippen molar-refractivity contribution in [1.29, 1.82) is 0 Å². The molecule has 2 N–H and O–H groups in total. The molecule has 0 aromatic heterocycles. The lowest BCUT2D eigenvalue weighted by Crippen LogP contribution is -2.36. The zero-order chi connectivity index (χ0) is 14.8. The molecule has 1 atom stereocenters. The normalized spacial score (nSPS) is 20.0. The minimum atomic E-state index is -0.883. The lowest BCUT2D eigenvalue weighted by Gasteiger charge is -2.27. The summed E-state index contributed by atoms with van der Waals surface area (Å²) in [4.78, 5) is 13.7. The number of halogens is 1. The first-order chi connectivity index (χ1) is 10.2. The third-order valence-corrected chi connectivity index (χ3v) is 4.02. The van der Waals surface area contributed by atoms with Crippen LogP contribution in [0.3, 0.4) is 0 Å². The predicted octanol–water partition coefficient (Wildman–Crippen LogP) is 1.49. The molecule has 6 nitrogen and oxygen atoms in total. The number of fused-ring (bicyclic) bond motifs is 1. The smallest absolute Gasteiger partial charge is 0.325 e. The Morgan fingerprint density at radius 1 is 1.33 bits per heavy atom. The average Bonchev–Trinajstić information content (AvgIpc) is 2.76. The fourth-order valence-electron chi connectivity index (χ4n) is 2.78. The molecule has 7 heteroatoms. The van der Waals surface area contributed by atoms with Gasteiger partial charge >= 0.3 is 5.97 Å². The Hall–Kier alpha value is -1.50. The molecule has 1 fully saturated rings. The van der Waals surface area contributed by atoms with Gasteiger partial charge < -0.3 is 19.9 Å². The molecule has 2 aliphatic rings. The van der Waals surface area contributed by atoms with E-state index in [-0.39, 0.29) is 6.79 Å². The molecule has 0 bridgehead atoms. The van der Waals surface area contributed by atoms with Crippen molar-refractivity contribution < 1.29 is 19.4 Å². The number of nitrogens with one attached hydrogen (secondary N) is 1. The number of hydrogen-bond donors (Lipinski definition) is 2. The van der Waals surface area contributed by atoms with E-state index in [1.165, 1.54) is 0 Å². The molecule has 0 aliphatic carbocycles. The Morgan fingerprint density at radius 3 is 3.00 bits per heavy atom. The van der Waals surface area contributed by atoms with Crippen molar-refractivity contribution in [3.8, 4) is 11.5 Å². The topological polar surface area (TPSA) is 71.0 Å². The van der Waals surface area contributed by atoms with Crippen LogP contribution in [0.5, 0.6) is 11.5 Å². The molecular formula is C14H17ClN2O4. The minimum Gasteiger partial charge on any atom is -0.480 e. The van der Waals surface area contributed by atoms with Crippen LogP contribution >= 0.6 is 11.6 Å². The van der Waals surface area contributed by atoms with Gasteiger partial charge in [-0.05, 0) is 30.7 Å². The second-order valence-corrected chi connectivity index (χ2v) is 5.52. The third kappa shape index (κ3) is 2.92. The fraction of sp³-hybridized carbons (Fsp3) is 0.500. The van der Waals surface area contributed by atoms with E-state index in [4.69, 9.17) is 21.1 Å². The summed E-state index contributed by atoms with van der Waals surface area (Å²) >= 11 is 6.17. The van der Waals surface area contributed by atoms with Crippen LogP contribution in [0, 0.1) is 0 Å². The number of rotatable bonds is 3. The van der Waals surface area contributed by atoms with Gasteiger partial charge in [-0.15, -0.1) is 0 Å². The highest BCUT2D eigenvalue weighted by molar-refractivity contribution is 6.32. The van der Waals surface area contributed by atoms with Crippen LogP contribution in [0.2, 0.25) is 5.02 Å². The summed E-state index contributed by atoms with van der Waals surface area (Å²) in [7, 11) is 0. The highest BCUT2D eigenvalue weighted by Crippen LogP contribution is 2.41. The van der Waals surface area contributed by atoms with Crippen LogP contribution in [0.4, 0.5) is 0 Å². The summed E-state index contributed by atoms with van der Waals surface area (Å²) < 4.78 is 10.6. The van der Waals surface area contributed by atoms with Gasteiger partial charge in [-0.3, -0.25) is 9.69 Å². The van der Waals surface area contributed by atoms with E-state index in [0.717, 1.165) is 26.1 Å². The second kappa shape index (κ2) is 6.09. The average molecular weight is 313 g/mol. The Bertz CT molecular complexity index is 544. The molecule has 2 aliphatic heterocycles. The van der Waals surface area contributed by atoms with Gasteiger partial charge in [0.05, 0.1) is 5.02 Å². The molecule has 0 saturated carbocycles. The third-order valence-electron chi connectivity index (χ3n) is 3.74. The first-order valence-electron chi connectivity index (χ1n) is 6.93. The fourth-order valence-corrected chi connectivity index (χ4v) is 3.05. The van der Waals surface area contributed by atoms with Crippen molar-refractivity contribution in [2.75, 3.05) is 33.0 Å². The molecule has 0 amide bonds. The maximum Gasteiger partial charge on any atom is 0.325 e. The monoisotopic (exact) mass is 312 g/mol. The van der Waals surface area contributed by atoms with Crippen molar-refractivity contribution in [1.82, 2.24) is 10.2 Å². The van der Waals surface area contributed by atoms with Gasteiger partial charge in [-0.25, -0.2) is 0 Å². The first kappa shape index (κ1) is 14.4. The van der Waals surface area contributed by atoms with Gasteiger partial charge in [0.1, 0.15) is 6.04 Å². The van der Waals surface area contributed by atoms with Crippen LogP contribution < -0.4 is 14.8 Å². The molecule has 114 valence electrons. The quantitative estimate of drug-likeness (QED) is 0.881. The maximum absolute atomic E-state index is 11.7. The molecule has 0 radical (unpaired) electrons. The largest absolute Gasteiger partial charge is 0.480 e. The Labute approximate surface area is 127 Å². The van der Waals surface area contributed by atoms with Crippen LogP contribution in [0.15, 0.2) is 12.1 Å². The van der Waals surface area contributed by atoms with Crippen molar-refractivity contribution in [2.45, 2.75) is 12.5 Å². The Morgan fingerprint density at radius 2 is 2.19 bits per heavy atom. The maximum atomic E-state index is 11.7. The molecule has 1 unspecified atom stereocenters. The minimum absolute atomic E-state index is 0.115. The van der Waals surface area contributed by atoms with E-state index in [1.807, 2.05) is 4.90 Å². The molecule has 1 aromatic carbocycles. The standard InChI is InChI=1S/C14H17ClN2O4/c15-10-6-9(7-11-13(10)21-8-20-11)12(14(18)19)17-4-1-2-16-3-5-17/h6-7,12,16H,1-5,8H2,(H,18,19). The predicted molar refractivity (Wildman–Crippen MR) is 77.0 cm³/mol. The van der Waals surface area contributed by atoms with E-state index < -0.39 is 12.0 Å². The first-order valence-corrected chi connectivity index (χ1v) is 7.31. The number of carbonyl (C=O) groups is 1. The van der Waals surface area contributed by atoms with E-state index >= 15 is 0 Å². The van der Waals surface area contributed by atoms with E-state index in [1.54, 1.807) is 12.1 Å². The van der Waals surface area contributed by atoms with Crippen molar-refractivity contribution in [2.24, 2.45) is 0 Å². The molecule has 21 heavy (non-hydrogen) atoms. The van der Waals surface area contributed by atoms with Gasteiger partial charge in [0.2, 0.25) is 6.79 Å². The van der Waals surface area contributed by atoms with Crippen LogP contribution in [-0.4, -0.2) is 48.9 Å². The number of ether oxygens (including phenoxy) is 2. The van der Waals surface area contributed by atoms with Gasteiger partial charge in [0, 0.05) is 19.6 Å². The molecule has 1 aromatic rings. The number of benzene rings is 1. The van der Waals surface area contributed by atoms with E-state index in [2.05, 4.69) is 5.32 Å². The van der Waals surface area contributed by atoms with Crippen molar-refractivity contribution >= 4 is 17.6 Å². The SMILES string of the molecule is O=C(O)C(c1cc(Cl)c2c(c1)OCO2)N1CCCNCC1. The van der Waals surface area contributed by atoms with Crippen LogP contribution in [0.25, 0.3) is 0 Å². The summed E-state index contributed by atoms with van der Waals surface area (Å²) in [6, 6.07) is 2.65. The van der Waals surface area contributed by atoms with Gasteiger partial charge in [0.25, 0.3) is 0 Å². The number of nitrogens with zero attached hydrogens (tertiary/aromatic N) is 1. The van der Waals surface area contributed by atoms with Crippen molar-refractivity contribution in [3.63, 3.8) is 0 Å². The summed E-state index contributed by atoms with van der Waals surface area (Å²) in [6.45, 7) is 3.22. The number of hydrogen-bond acceptors (Lipinski definition) is 5. The lowest BCUT2D eigenvalue weighted by molar-refractivity contribution is -0.143. The molecule has 1 saturated heterocycles. The molecular weight excluding hydrogens is 296 g/mol. The summed E-state index contributed by atoms with van der Waals surface area (Å²) in [6.07, 6.45) is 0.919. The summed E-state index contributed by atoms with van der Waals surface area (Å²) in [5, 5.41) is 13.3. The molecule has 2 heterocycles. The Kier molecular flexibility index (Phi) is 4.19. The zero-order valence-electron chi connectivity index (χ0n) is 11.5. The summed E-state index contributed by atoms with van der Waals surface area (Å²) in [5.41, 5.74) is 0.624. The number of carboxylic acid groups (broad SMARTS) is 1. The van der Waals surface area contributed by atoms with Gasteiger partial charge in [-0.2, -0.15) is 0 Å². The van der Waals surface area contributed by atoms with Gasteiger partial charge in [0.15, 0.2) is 11.5 Å². The Balaban J connectivity index is 1.93. The number of aliphatic carboxylic acids is 1. The summed E-state index contributed by atoms with van der Waals surface area (Å²) in [5.74, 6) is 0.116.